The molecule has 1 aliphatic rings. The third-order valence-electron chi connectivity index (χ3n) is 4.41. The van der Waals surface area contributed by atoms with E-state index in [-0.39, 0.29) is 12.1 Å². The minimum atomic E-state index is -0.216. The monoisotopic (exact) mass is 343 g/mol. The van der Waals surface area contributed by atoms with Crippen molar-refractivity contribution in [2.24, 2.45) is 5.92 Å². The highest BCUT2D eigenvalue weighted by atomic mass is 16.5. The number of nitrogens with zero attached hydrogens (tertiary/aromatic N) is 4. The first-order valence-corrected chi connectivity index (χ1v) is 8.45. The van der Waals surface area contributed by atoms with E-state index in [1.54, 1.807) is 19.5 Å². The minimum absolute atomic E-state index is 0.0331. The molecule has 1 atom stereocenters. The predicted molar refractivity (Wildman–Crippen MR) is 95.3 cm³/mol. The number of ether oxygens (including phenoxy) is 1. The second-order valence-corrected chi connectivity index (χ2v) is 6.77. The predicted octanol–water partition coefficient (Wildman–Crippen LogP) is 1.87. The van der Waals surface area contributed by atoms with Crippen LogP contribution in [0.15, 0.2) is 30.7 Å². The van der Waals surface area contributed by atoms with Gasteiger partial charge in [0.15, 0.2) is 0 Å². The summed E-state index contributed by atoms with van der Waals surface area (Å²) in [5.41, 5.74) is 1.97. The van der Waals surface area contributed by atoms with Gasteiger partial charge in [0, 0.05) is 25.0 Å². The molecule has 2 heterocycles. The summed E-state index contributed by atoms with van der Waals surface area (Å²) in [4.78, 5) is 15.3. The van der Waals surface area contributed by atoms with Crippen LogP contribution >= 0.6 is 0 Å². The van der Waals surface area contributed by atoms with E-state index in [0.29, 0.717) is 11.8 Å². The highest BCUT2D eigenvalue weighted by Gasteiger charge is 2.35. The van der Waals surface area contributed by atoms with Crippen molar-refractivity contribution < 1.29 is 9.84 Å². The molecule has 0 aromatic carbocycles. The zero-order chi connectivity index (χ0) is 17.8. The maximum absolute atomic E-state index is 9.71. The fourth-order valence-electron chi connectivity index (χ4n) is 3.11. The van der Waals surface area contributed by atoms with Crippen molar-refractivity contribution >= 4 is 5.82 Å². The van der Waals surface area contributed by atoms with Crippen molar-refractivity contribution in [2.45, 2.75) is 31.5 Å². The van der Waals surface area contributed by atoms with Gasteiger partial charge >= 0.3 is 0 Å². The summed E-state index contributed by atoms with van der Waals surface area (Å²) in [6.07, 6.45) is 6.66. The smallest absolute Gasteiger partial charge is 0.212 e. The molecule has 0 saturated heterocycles. The van der Waals surface area contributed by atoms with E-state index in [0.717, 1.165) is 36.5 Å². The van der Waals surface area contributed by atoms with Gasteiger partial charge in [0.25, 0.3) is 0 Å². The van der Waals surface area contributed by atoms with E-state index >= 15 is 0 Å². The van der Waals surface area contributed by atoms with Crippen LogP contribution in [-0.4, -0.2) is 52.3 Å². The Hall–Kier alpha value is -2.25. The van der Waals surface area contributed by atoms with Crippen LogP contribution in [0.5, 0.6) is 5.88 Å². The van der Waals surface area contributed by atoms with E-state index in [1.807, 2.05) is 32.4 Å². The Labute approximate surface area is 148 Å². The number of aromatic nitrogens is 3. The first kappa shape index (κ1) is 17.6. The molecule has 0 radical (unpaired) electrons. The first-order chi connectivity index (χ1) is 12.0. The standard InChI is InChI=1S/C18H25N5O2/c1-23(2)11-14-9-19-10-16(21-14)22-18(13-6-15(24)7-13)12-4-5-17(25-3)20-8-12/h4-5,8-10,13,15,18,24H,6-7,11H2,1-3H3,(H,21,22)/t13?,15?,18-/m0/s1. The normalized spacial score (nSPS) is 20.8. The zero-order valence-corrected chi connectivity index (χ0v) is 14.9. The Balaban J connectivity index is 1.80. The Kier molecular flexibility index (Phi) is 5.45. The molecule has 1 saturated carbocycles. The van der Waals surface area contributed by atoms with Crippen LogP contribution in [0.25, 0.3) is 0 Å². The van der Waals surface area contributed by atoms with Gasteiger partial charge in [0.1, 0.15) is 5.82 Å². The van der Waals surface area contributed by atoms with Crippen molar-refractivity contribution in [1.29, 1.82) is 0 Å². The summed E-state index contributed by atoms with van der Waals surface area (Å²) in [6.45, 7) is 0.736. The zero-order valence-electron chi connectivity index (χ0n) is 14.9. The minimum Gasteiger partial charge on any atom is -0.481 e. The van der Waals surface area contributed by atoms with Crippen LogP contribution in [-0.2, 0) is 6.54 Å². The fourth-order valence-corrected chi connectivity index (χ4v) is 3.11. The number of methoxy groups -OCH3 is 1. The Morgan fingerprint density at radius 3 is 2.68 bits per heavy atom. The molecule has 1 fully saturated rings. The van der Waals surface area contributed by atoms with Gasteiger partial charge in [0.05, 0.1) is 31.1 Å². The molecular weight excluding hydrogens is 318 g/mol. The average Bonchev–Trinajstić information content (AvgIpc) is 2.57. The summed E-state index contributed by atoms with van der Waals surface area (Å²) in [7, 11) is 5.61. The lowest BCUT2D eigenvalue weighted by molar-refractivity contribution is 0.0338. The molecule has 25 heavy (non-hydrogen) atoms. The maximum atomic E-state index is 9.71. The number of anilines is 1. The summed E-state index contributed by atoms with van der Waals surface area (Å²) < 4.78 is 5.14. The van der Waals surface area contributed by atoms with Gasteiger partial charge in [-0.05, 0) is 38.4 Å². The van der Waals surface area contributed by atoms with Crippen LogP contribution in [0.4, 0.5) is 5.82 Å². The lowest BCUT2D eigenvalue weighted by Crippen LogP contribution is -2.36. The quantitative estimate of drug-likeness (QED) is 0.794. The molecule has 2 aromatic heterocycles. The highest BCUT2D eigenvalue weighted by molar-refractivity contribution is 5.38. The van der Waals surface area contributed by atoms with Crippen molar-refractivity contribution in [3.8, 4) is 5.88 Å². The molecule has 7 heteroatoms. The number of aliphatic hydroxyl groups excluding tert-OH is 1. The highest BCUT2D eigenvalue weighted by Crippen LogP contribution is 2.39. The van der Waals surface area contributed by atoms with E-state index in [4.69, 9.17) is 4.74 Å². The SMILES string of the molecule is COc1ccc([C@H](Nc2cncc(CN(C)C)n2)C2CC(O)C2)cn1. The van der Waals surface area contributed by atoms with Gasteiger partial charge in [-0.2, -0.15) is 0 Å². The topological polar surface area (TPSA) is 83.4 Å². The molecular formula is C18H25N5O2. The van der Waals surface area contributed by atoms with Crippen molar-refractivity contribution in [3.63, 3.8) is 0 Å². The molecule has 7 nitrogen and oxygen atoms in total. The third-order valence-corrected chi connectivity index (χ3v) is 4.41. The number of pyridine rings is 1. The lowest BCUT2D eigenvalue weighted by atomic mass is 9.75. The Bertz CT molecular complexity index is 686. The van der Waals surface area contributed by atoms with Gasteiger partial charge < -0.3 is 20.1 Å². The van der Waals surface area contributed by atoms with Crippen LogP contribution < -0.4 is 10.1 Å². The first-order valence-electron chi connectivity index (χ1n) is 8.45. The van der Waals surface area contributed by atoms with E-state index in [9.17, 15) is 5.11 Å². The molecule has 0 bridgehead atoms. The Morgan fingerprint density at radius 2 is 2.08 bits per heavy atom. The second kappa shape index (κ2) is 7.76. The van der Waals surface area contributed by atoms with E-state index in [1.165, 1.54) is 0 Å². The number of aliphatic hydroxyl groups is 1. The molecule has 0 aliphatic heterocycles. The second-order valence-electron chi connectivity index (χ2n) is 6.77. The van der Waals surface area contributed by atoms with E-state index < -0.39 is 0 Å². The number of hydrogen-bond donors (Lipinski definition) is 2. The summed E-state index contributed by atoms with van der Waals surface area (Å²) in [5.74, 6) is 1.66. The van der Waals surface area contributed by atoms with Gasteiger partial charge in [-0.1, -0.05) is 6.07 Å². The van der Waals surface area contributed by atoms with Crippen molar-refractivity contribution in [1.82, 2.24) is 19.9 Å². The van der Waals surface area contributed by atoms with Gasteiger partial charge in [-0.25, -0.2) is 9.97 Å². The molecule has 134 valence electrons. The summed E-state index contributed by atoms with van der Waals surface area (Å²) in [5, 5.41) is 13.2. The molecule has 0 amide bonds. The number of rotatable bonds is 7. The van der Waals surface area contributed by atoms with Gasteiger partial charge in [-0.3, -0.25) is 4.98 Å². The maximum Gasteiger partial charge on any atom is 0.212 e. The van der Waals surface area contributed by atoms with Crippen LogP contribution in [0.2, 0.25) is 0 Å². The summed E-state index contributed by atoms with van der Waals surface area (Å²) >= 11 is 0. The number of hydrogen-bond acceptors (Lipinski definition) is 7. The van der Waals surface area contributed by atoms with Crippen LogP contribution in [0.1, 0.15) is 30.1 Å². The van der Waals surface area contributed by atoms with Gasteiger partial charge in [0.2, 0.25) is 5.88 Å². The molecule has 0 spiro atoms. The molecule has 0 unspecified atom stereocenters. The number of nitrogens with one attached hydrogen (secondary N) is 1. The fraction of sp³-hybridized carbons (Fsp3) is 0.500. The molecule has 1 aliphatic carbocycles. The summed E-state index contributed by atoms with van der Waals surface area (Å²) in [6, 6.07) is 3.89. The van der Waals surface area contributed by atoms with Crippen LogP contribution in [0, 0.1) is 5.92 Å². The van der Waals surface area contributed by atoms with Crippen molar-refractivity contribution in [2.75, 3.05) is 26.5 Å². The van der Waals surface area contributed by atoms with Gasteiger partial charge in [-0.15, -0.1) is 0 Å². The largest absolute Gasteiger partial charge is 0.481 e. The average molecular weight is 343 g/mol. The molecule has 2 aromatic rings. The van der Waals surface area contributed by atoms with E-state index in [2.05, 4.69) is 25.2 Å². The third kappa shape index (κ3) is 4.43. The lowest BCUT2D eigenvalue weighted by Gasteiger charge is -2.38. The molecule has 3 rings (SSSR count). The van der Waals surface area contributed by atoms with Crippen molar-refractivity contribution in [3.05, 3.63) is 42.0 Å². The molecule has 2 N–H and O–H groups in total. The van der Waals surface area contributed by atoms with Crippen LogP contribution in [0.3, 0.4) is 0 Å². The Morgan fingerprint density at radius 1 is 1.28 bits per heavy atom.